The molecule has 0 aliphatic carbocycles. The van der Waals surface area contributed by atoms with E-state index < -0.39 is 0 Å². The minimum absolute atomic E-state index is 0.0692. The number of hydrogen-bond donors (Lipinski definition) is 0. The summed E-state index contributed by atoms with van der Waals surface area (Å²) in [7, 11) is 0. The first kappa shape index (κ1) is 18.5. The predicted molar refractivity (Wildman–Crippen MR) is 108 cm³/mol. The van der Waals surface area contributed by atoms with E-state index in [0.717, 1.165) is 56.4 Å². The molecule has 2 heterocycles. The van der Waals surface area contributed by atoms with Gasteiger partial charge in [0.2, 0.25) is 0 Å². The number of piperidine rings is 1. The number of rotatable bonds is 3. The molecule has 5 nitrogen and oxygen atoms in total. The fourth-order valence-electron chi connectivity index (χ4n) is 4.06. The SMILES string of the molecule is O=C(Oc1ccccc1-c1ccccc1)[C@@H]1CCCN(C(=O)N2CCCC2)C1. The van der Waals surface area contributed by atoms with Crippen LogP contribution in [-0.2, 0) is 4.79 Å². The van der Waals surface area contributed by atoms with Gasteiger partial charge in [-0.05, 0) is 37.3 Å². The molecule has 2 aromatic carbocycles. The Morgan fingerprint density at radius 3 is 2.29 bits per heavy atom. The highest BCUT2D eigenvalue weighted by atomic mass is 16.5. The van der Waals surface area contributed by atoms with E-state index in [1.807, 2.05) is 64.4 Å². The van der Waals surface area contributed by atoms with Gasteiger partial charge in [0.15, 0.2) is 0 Å². The maximum absolute atomic E-state index is 12.9. The lowest BCUT2D eigenvalue weighted by Gasteiger charge is -2.34. The highest BCUT2D eigenvalue weighted by Crippen LogP contribution is 2.31. The molecular formula is C23H26N2O3. The number of esters is 1. The molecule has 0 N–H and O–H groups in total. The number of carbonyl (C=O) groups excluding carboxylic acids is 2. The Hall–Kier alpha value is -2.82. The Morgan fingerprint density at radius 1 is 0.821 bits per heavy atom. The van der Waals surface area contributed by atoms with E-state index in [0.29, 0.717) is 12.3 Å². The molecule has 2 aromatic rings. The van der Waals surface area contributed by atoms with Gasteiger partial charge in [-0.3, -0.25) is 4.79 Å². The smallest absolute Gasteiger partial charge is 0.320 e. The average Bonchev–Trinajstić information content (AvgIpc) is 3.29. The van der Waals surface area contributed by atoms with Gasteiger partial charge in [-0.25, -0.2) is 4.79 Å². The molecule has 0 bridgehead atoms. The second-order valence-electron chi connectivity index (χ2n) is 7.55. The van der Waals surface area contributed by atoms with Gasteiger partial charge >= 0.3 is 12.0 Å². The highest BCUT2D eigenvalue weighted by molar-refractivity contribution is 5.81. The van der Waals surface area contributed by atoms with E-state index in [9.17, 15) is 9.59 Å². The van der Waals surface area contributed by atoms with Gasteiger partial charge in [-0.1, -0.05) is 48.5 Å². The summed E-state index contributed by atoms with van der Waals surface area (Å²) in [4.78, 5) is 29.3. The fraction of sp³-hybridized carbons (Fsp3) is 0.391. The van der Waals surface area contributed by atoms with Gasteiger partial charge in [0.05, 0.1) is 5.92 Å². The Balaban J connectivity index is 1.45. The van der Waals surface area contributed by atoms with Crippen LogP contribution in [0.15, 0.2) is 54.6 Å². The van der Waals surface area contributed by atoms with Crippen molar-refractivity contribution in [3.63, 3.8) is 0 Å². The third-order valence-electron chi connectivity index (χ3n) is 5.58. The summed E-state index contributed by atoms with van der Waals surface area (Å²) < 4.78 is 5.80. The van der Waals surface area contributed by atoms with Crippen LogP contribution in [0, 0.1) is 5.92 Å². The summed E-state index contributed by atoms with van der Waals surface area (Å²) in [5.41, 5.74) is 1.91. The van der Waals surface area contributed by atoms with E-state index in [4.69, 9.17) is 4.74 Å². The first-order chi connectivity index (χ1) is 13.7. The number of para-hydroxylation sites is 1. The van der Waals surface area contributed by atoms with Crippen LogP contribution in [0.4, 0.5) is 4.79 Å². The predicted octanol–water partition coefficient (Wildman–Crippen LogP) is 4.19. The summed E-state index contributed by atoms with van der Waals surface area (Å²) in [6.07, 6.45) is 3.73. The lowest BCUT2D eigenvalue weighted by molar-refractivity contribution is -0.140. The Kier molecular flexibility index (Phi) is 5.60. The zero-order chi connectivity index (χ0) is 19.3. The van der Waals surface area contributed by atoms with Crippen LogP contribution in [0.1, 0.15) is 25.7 Å². The van der Waals surface area contributed by atoms with E-state index in [1.165, 1.54) is 0 Å². The molecule has 5 heteroatoms. The van der Waals surface area contributed by atoms with Crippen molar-refractivity contribution >= 4 is 12.0 Å². The molecule has 2 aliphatic rings. The van der Waals surface area contributed by atoms with E-state index >= 15 is 0 Å². The highest BCUT2D eigenvalue weighted by Gasteiger charge is 2.32. The summed E-state index contributed by atoms with van der Waals surface area (Å²) >= 11 is 0. The van der Waals surface area contributed by atoms with Crippen molar-refractivity contribution < 1.29 is 14.3 Å². The molecule has 4 rings (SSSR count). The molecule has 2 fully saturated rings. The monoisotopic (exact) mass is 378 g/mol. The van der Waals surface area contributed by atoms with E-state index in [2.05, 4.69) is 0 Å². The molecule has 146 valence electrons. The van der Waals surface area contributed by atoms with Crippen LogP contribution in [0.5, 0.6) is 5.75 Å². The van der Waals surface area contributed by atoms with Crippen molar-refractivity contribution in [1.82, 2.24) is 9.80 Å². The summed E-state index contributed by atoms with van der Waals surface area (Å²) in [5, 5.41) is 0. The number of benzene rings is 2. The quantitative estimate of drug-likeness (QED) is 0.594. The van der Waals surface area contributed by atoms with Gasteiger partial charge in [0, 0.05) is 31.7 Å². The second-order valence-corrected chi connectivity index (χ2v) is 7.55. The van der Waals surface area contributed by atoms with Crippen LogP contribution < -0.4 is 4.74 Å². The third-order valence-corrected chi connectivity index (χ3v) is 5.58. The van der Waals surface area contributed by atoms with Crippen molar-refractivity contribution in [2.24, 2.45) is 5.92 Å². The van der Waals surface area contributed by atoms with Crippen molar-refractivity contribution in [3.05, 3.63) is 54.6 Å². The van der Waals surface area contributed by atoms with Crippen molar-refractivity contribution in [3.8, 4) is 16.9 Å². The van der Waals surface area contributed by atoms with Gasteiger partial charge in [0.1, 0.15) is 5.75 Å². The first-order valence-corrected chi connectivity index (χ1v) is 10.1. The number of likely N-dealkylation sites (tertiary alicyclic amines) is 2. The van der Waals surface area contributed by atoms with Crippen LogP contribution in [0.2, 0.25) is 0 Å². The maximum atomic E-state index is 12.9. The largest absolute Gasteiger partial charge is 0.426 e. The van der Waals surface area contributed by atoms with Crippen LogP contribution in [0.25, 0.3) is 11.1 Å². The molecule has 2 amide bonds. The molecule has 0 unspecified atom stereocenters. The number of nitrogens with zero attached hydrogens (tertiary/aromatic N) is 2. The number of carbonyl (C=O) groups is 2. The van der Waals surface area contributed by atoms with Gasteiger partial charge in [0.25, 0.3) is 0 Å². The zero-order valence-corrected chi connectivity index (χ0v) is 16.0. The second kappa shape index (κ2) is 8.46. The molecular weight excluding hydrogens is 352 g/mol. The van der Waals surface area contributed by atoms with Crippen molar-refractivity contribution in [2.45, 2.75) is 25.7 Å². The zero-order valence-electron chi connectivity index (χ0n) is 16.0. The number of urea groups is 1. The fourth-order valence-corrected chi connectivity index (χ4v) is 4.06. The Labute approximate surface area is 165 Å². The van der Waals surface area contributed by atoms with Gasteiger partial charge in [-0.2, -0.15) is 0 Å². The lowest BCUT2D eigenvalue weighted by atomic mass is 9.98. The lowest BCUT2D eigenvalue weighted by Crippen LogP contribution is -2.48. The Bertz CT molecular complexity index is 831. The summed E-state index contributed by atoms with van der Waals surface area (Å²) in [5.74, 6) is 0.0492. The number of hydrogen-bond acceptors (Lipinski definition) is 3. The molecule has 0 aromatic heterocycles. The molecule has 2 aliphatic heterocycles. The summed E-state index contributed by atoms with van der Waals surface area (Å²) in [6, 6.07) is 17.6. The number of ether oxygens (including phenoxy) is 1. The summed E-state index contributed by atoms with van der Waals surface area (Å²) in [6.45, 7) is 2.82. The van der Waals surface area contributed by atoms with E-state index in [1.54, 1.807) is 0 Å². The van der Waals surface area contributed by atoms with Gasteiger partial charge in [-0.15, -0.1) is 0 Å². The minimum atomic E-state index is -0.274. The Morgan fingerprint density at radius 2 is 1.50 bits per heavy atom. The standard InChI is InChI=1S/C23H26N2O3/c26-22(19-11-8-16-25(17-19)23(27)24-14-6-7-15-24)28-21-13-5-4-12-20(21)18-9-2-1-3-10-18/h1-5,9-10,12-13,19H,6-8,11,14-17H2/t19-/m1/s1. The molecule has 0 radical (unpaired) electrons. The molecule has 0 spiro atoms. The van der Waals surface area contributed by atoms with Crippen LogP contribution in [-0.4, -0.2) is 48.0 Å². The van der Waals surface area contributed by atoms with E-state index in [-0.39, 0.29) is 17.9 Å². The molecule has 2 saturated heterocycles. The van der Waals surface area contributed by atoms with Crippen LogP contribution in [0.3, 0.4) is 0 Å². The molecule has 0 saturated carbocycles. The van der Waals surface area contributed by atoms with Crippen LogP contribution >= 0.6 is 0 Å². The third kappa shape index (κ3) is 4.03. The average molecular weight is 378 g/mol. The topological polar surface area (TPSA) is 49.9 Å². The molecule has 1 atom stereocenters. The maximum Gasteiger partial charge on any atom is 0.320 e. The molecule has 28 heavy (non-hydrogen) atoms. The first-order valence-electron chi connectivity index (χ1n) is 10.1. The van der Waals surface area contributed by atoms with Gasteiger partial charge < -0.3 is 14.5 Å². The normalized spacial score (nSPS) is 19.5. The van der Waals surface area contributed by atoms with Crippen molar-refractivity contribution in [1.29, 1.82) is 0 Å². The number of amides is 2. The minimum Gasteiger partial charge on any atom is -0.426 e. The van der Waals surface area contributed by atoms with Crippen molar-refractivity contribution in [2.75, 3.05) is 26.2 Å².